The number of methoxy groups -OCH3 is 1. The molecule has 0 amide bonds. The number of hydrogen-bond acceptors (Lipinski definition) is 14. The smallest absolute Gasteiger partial charge is 0.335 e. The van der Waals surface area contributed by atoms with Gasteiger partial charge in [0, 0.05) is 57.0 Å². The Labute approximate surface area is 363 Å². The Hall–Kier alpha value is -1.54. The molecular weight excluding hydrogens is 796 g/mol. The van der Waals surface area contributed by atoms with Crippen LogP contribution in [0.5, 0.6) is 0 Å². The first-order chi connectivity index (χ1) is 28.9. The molecule has 0 aromatic rings. The van der Waals surface area contributed by atoms with E-state index < -0.39 is 109 Å². The number of ether oxygens (including phenoxy) is 6. The van der Waals surface area contributed by atoms with E-state index in [1.165, 1.54) is 7.11 Å². The second kappa shape index (κ2) is 25.8. The average molecular weight is 879 g/mol. The van der Waals surface area contributed by atoms with Crippen LogP contribution in [0.1, 0.15) is 138 Å². The van der Waals surface area contributed by atoms with Crippen LogP contribution in [0.15, 0.2) is 0 Å². The number of aliphatic carboxylic acids is 2. The molecule has 358 valence electrons. The lowest BCUT2D eigenvalue weighted by atomic mass is 9.67. The van der Waals surface area contributed by atoms with Crippen molar-refractivity contribution in [2.24, 2.45) is 22.7 Å². The number of aliphatic hydroxyl groups is 6. The molecule has 3 saturated heterocycles. The average Bonchev–Trinajstić information content (AvgIpc) is 3.41. The van der Waals surface area contributed by atoms with Gasteiger partial charge in [0.05, 0.1) is 61.5 Å². The van der Waals surface area contributed by atoms with Crippen molar-refractivity contribution in [2.75, 3.05) is 33.5 Å². The third-order valence-electron chi connectivity index (χ3n) is 13.9. The molecule has 0 spiro atoms. The molecule has 3 rings (SSSR count). The fourth-order valence-electron chi connectivity index (χ4n) is 10.3. The van der Waals surface area contributed by atoms with Crippen LogP contribution in [0.4, 0.5) is 0 Å². The van der Waals surface area contributed by atoms with Gasteiger partial charge < -0.3 is 69.3 Å². The van der Waals surface area contributed by atoms with E-state index in [4.69, 9.17) is 28.4 Å². The Balaban J connectivity index is 1.65. The molecule has 17 atom stereocenters. The Morgan fingerprint density at radius 1 is 0.656 bits per heavy atom. The summed E-state index contributed by atoms with van der Waals surface area (Å²) in [5.74, 6) is -3.76. The van der Waals surface area contributed by atoms with Crippen molar-refractivity contribution in [2.45, 2.75) is 217 Å². The van der Waals surface area contributed by atoms with E-state index in [2.05, 4.69) is 27.7 Å². The van der Waals surface area contributed by atoms with Gasteiger partial charge in [0.15, 0.2) is 12.2 Å². The number of unbranched alkanes of at least 4 members (excludes halogenated alkanes) is 1. The molecular formula is C45H82O16. The van der Waals surface area contributed by atoms with E-state index in [0.717, 1.165) is 38.5 Å². The third-order valence-corrected chi connectivity index (χ3v) is 13.9. The number of aliphatic hydroxyl groups excluding tert-OH is 6. The molecule has 61 heavy (non-hydrogen) atoms. The second-order valence-corrected chi connectivity index (χ2v) is 18.6. The molecule has 0 aromatic heterocycles. The molecule has 3 heterocycles. The van der Waals surface area contributed by atoms with E-state index in [0.29, 0.717) is 38.5 Å². The van der Waals surface area contributed by atoms with Crippen molar-refractivity contribution >= 4 is 11.9 Å². The highest BCUT2D eigenvalue weighted by Crippen LogP contribution is 2.45. The monoisotopic (exact) mass is 879 g/mol. The fraction of sp³-hybridized carbons (Fsp3) is 0.956. The lowest BCUT2D eigenvalue weighted by molar-refractivity contribution is -0.238. The van der Waals surface area contributed by atoms with Gasteiger partial charge in [-0.2, -0.15) is 0 Å². The van der Waals surface area contributed by atoms with Crippen LogP contribution < -0.4 is 0 Å². The molecule has 16 nitrogen and oxygen atoms in total. The van der Waals surface area contributed by atoms with Gasteiger partial charge in [0.1, 0.15) is 12.2 Å². The molecule has 3 fully saturated rings. The van der Waals surface area contributed by atoms with Gasteiger partial charge in [0.25, 0.3) is 0 Å². The summed E-state index contributed by atoms with van der Waals surface area (Å²) in [5, 5.41) is 85.9. The summed E-state index contributed by atoms with van der Waals surface area (Å²) >= 11 is 0. The lowest BCUT2D eigenvalue weighted by Crippen LogP contribution is -2.59. The Kier molecular flexibility index (Phi) is 22.8. The zero-order chi connectivity index (χ0) is 45.5. The number of carbonyl (C=O) groups is 2. The molecule has 0 bridgehead atoms. The summed E-state index contributed by atoms with van der Waals surface area (Å²) in [4.78, 5) is 24.5. The summed E-state index contributed by atoms with van der Waals surface area (Å²) in [6, 6.07) is 0. The summed E-state index contributed by atoms with van der Waals surface area (Å²) in [5.41, 5.74) is -0.681. The van der Waals surface area contributed by atoms with E-state index in [1.54, 1.807) is 6.92 Å². The molecule has 11 unspecified atom stereocenters. The topological polar surface area (TPSA) is 251 Å². The van der Waals surface area contributed by atoms with Crippen molar-refractivity contribution in [1.29, 1.82) is 0 Å². The van der Waals surface area contributed by atoms with Gasteiger partial charge in [0.2, 0.25) is 0 Å². The van der Waals surface area contributed by atoms with Gasteiger partial charge in [-0.25, -0.2) is 9.59 Å². The first-order valence-corrected chi connectivity index (χ1v) is 23.1. The van der Waals surface area contributed by atoms with Gasteiger partial charge in [-0.05, 0) is 70.1 Å². The first-order valence-electron chi connectivity index (χ1n) is 23.1. The van der Waals surface area contributed by atoms with E-state index in [-0.39, 0.29) is 51.1 Å². The van der Waals surface area contributed by atoms with Gasteiger partial charge in [-0.1, -0.05) is 60.3 Å². The highest BCUT2D eigenvalue weighted by Gasteiger charge is 2.51. The maximum Gasteiger partial charge on any atom is 0.335 e. The maximum atomic E-state index is 12.6. The van der Waals surface area contributed by atoms with E-state index >= 15 is 0 Å². The quantitative estimate of drug-likeness (QED) is 0.0575. The number of rotatable bonds is 26. The van der Waals surface area contributed by atoms with E-state index in [9.17, 15) is 50.4 Å². The minimum absolute atomic E-state index is 0.0301. The minimum Gasteiger partial charge on any atom is -0.479 e. The van der Waals surface area contributed by atoms with Gasteiger partial charge in [-0.15, -0.1) is 0 Å². The number of carboxylic acid groups (broad SMARTS) is 2. The van der Waals surface area contributed by atoms with Crippen LogP contribution >= 0.6 is 0 Å². The van der Waals surface area contributed by atoms with Crippen molar-refractivity contribution in [1.82, 2.24) is 0 Å². The predicted molar refractivity (Wildman–Crippen MR) is 225 cm³/mol. The molecule has 0 aliphatic carbocycles. The predicted octanol–water partition coefficient (Wildman–Crippen LogP) is 3.85. The summed E-state index contributed by atoms with van der Waals surface area (Å²) in [6.07, 6.45) is -4.76. The Morgan fingerprint density at radius 3 is 1.89 bits per heavy atom. The molecule has 3 aliphatic heterocycles. The summed E-state index contributed by atoms with van der Waals surface area (Å²) in [6.45, 7) is 13.0. The van der Waals surface area contributed by atoms with Gasteiger partial charge >= 0.3 is 11.9 Å². The Bertz CT molecular complexity index is 1270. The largest absolute Gasteiger partial charge is 0.479 e. The third kappa shape index (κ3) is 14.7. The highest BCUT2D eigenvalue weighted by atomic mass is 16.6. The van der Waals surface area contributed by atoms with Crippen LogP contribution in [0.2, 0.25) is 0 Å². The van der Waals surface area contributed by atoms with Crippen molar-refractivity contribution in [3.8, 4) is 0 Å². The van der Waals surface area contributed by atoms with Crippen molar-refractivity contribution in [3.63, 3.8) is 0 Å². The van der Waals surface area contributed by atoms with Crippen LogP contribution in [0.3, 0.4) is 0 Å². The van der Waals surface area contributed by atoms with Crippen LogP contribution in [-0.4, -0.2) is 166 Å². The zero-order valence-corrected chi connectivity index (χ0v) is 37.9. The van der Waals surface area contributed by atoms with Crippen LogP contribution in [0, 0.1) is 22.7 Å². The van der Waals surface area contributed by atoms with Crippen molar-refractivity contribution in [3.05, 3.63) is 0 Å². The fourth-order valence-corrected chi connectivity index (χ4v) is 10.3. The van der Waals surface area contributed by atoms with Crippen molar-refractivity contribution < 1.29 is 78.9 Å². The standard InChI is InChI=1S/C45H82O16/c1-8-12-19-44(6,17-9-2)25-35-32(48)23-30(46)28(38(61-35)42(52)53)14-13-20-58-26-45(11-4,18-10-3)41-29(37(51)36(50)27(5)59-41)15-21-57-22-16-34-31(47)24-33(49)39(56-7)40(60-34)43(54)55/h27-41,46-51H,8-26H2,1-7H3,(H,52,53)(H,54,55)/t27?,28-,29?,30?,31?,32?,33?,34-,35-,36+,37?,38?,39-,40?,41-,44?,45?/m1/s1. The van der Waals surface area contributed by atoms with Gasteiger partial charge in [-0.3, -0.25) is 0 Å². The normalized spacial score (nSPS) is 37.0. The summed E-state index contributed by atoms with van der Waals surface area (Å²) < 4.78 is 35.9. The second-order valence-electron chi connectivity index (χ2n) is 18.6. The molecule has 0 saturated carbocycles. The number of carboxylic acids is 2. The molecule has 0 radical (unpaired) electrons. The SMILES string of the molecule is CCCCC(C)(CCC)C[C@H]1OC(C(=O)O)[C@H](CCCOCC(CC)(CCC)[C@@H]2OC(C)[C@H](O)C(O)C2CCOCC[C@H]2OC(C(=O)O)[C@H](OC)C(O)CC2O)C(O)CC1O. The zero-order valence-electron chi connectivity index (χ0n) is 37.9. The Morgan fingerprint density at radius 2 is 1.28 bits per heavy atom. The molecule has 0 aromatic carbocycles. The minimum atomic E-state index is -1.47. The molecule has 8 N–H and O–H groups in total. The maximum absolute atomic E-state index is 12.6. The first kappa shape index (κ1) is 53.8. The summed E-state index contributed by atoms with van der Waals surface area (Å²) in [7, 11) is 1.27. The lowest BCUT2D eigenvalue weighted by Gasteiger charge is -2.51. The highest BCUT2D eigenvalue weighted by molar-refractivity contribution is 5.73. The molecule has 3 aliphatic rings. The number of hydrogen-bond donors (Lipinski definition) is 8. The van der Waals surface area contributed by atoms with E-state index in [1.807, 2.05) is 6.92 Å². The van der Waals surface area contributed by atoms with Crippen LogP contribution in [0.25, 0.3) is 0 Å². The van der Waals surface area contributed by atoms with Crippen LogP contribution in [-0.2, 0) is 38.0 Å². The molecule has 16 heteroatoms.